The molecule has 0 N–H and O–H groups in total. The first kappa shape index (κ1) is 23.8. The second-order valence-electron chi connectivity index (χ2n) is 9.66. The molecule has 1 heterocycles. The van der Waals surface area contributed by atoms with Crippen LogP contribution in [0.4, 0.5) is 0 Å². The van der Waals surface area contributed by atoms with Gasteiger partial charge in [-0.1, -0.05) is 66.7 Å². The maximum atomic E-state index is 13.1. The van der Waals surface area contributed by atoms with Crippen LogP contribution in [-0.2, 0) is 16.1 Å². The molecule has 0 spiro atoms. The largest absolute Gasteiger partial charge is 0.460 e. The summed E-state index contributed by atoms with van der Waals surface area (Å²) in [5, 5.41) is 0. The number of carbonyl (C=O) groups excluding carboxylic acids is 1. The van der Waals surface area contributed by atoms with E-state index in [0.717, 1.165) is 11.3 Å². The van der Waals surface area contributed by atoms with Crippen molar-refractivity contribution < 1.29 is 19.0 Å². The molecule has 0 saturated carbocycles. The van der Waals surface area contributed by atoms with E-state index in [-0.39, 0.29) is 31.3 Å². The molecule has 0 unspecified atom stereocenters. The van der Waals surface area contributed by atoms with Gasteiger partial charge < -0.3 is 14.2 Å². The van der Waals surface area contributed by atoms with Gasteiger partial charge in [-0.15, -0.1) is 0 Å². The summed E-state index contributed by atoms with van der Waals surface area (Å²) >= 11 is 0. The summed E-state index contributed by atoms with van der Waals surface area (Å²) in [6, 6.07) is 26.5. The molecule has 3 aromatic rings. The standard InChI is InChI=1S/C29H33NO4/c1-21(23-13-9-6-10-14-23)30(19-22-11-7-5-8-12-22)25(18-28(31)34-29(2,3)4)24-15-16-26-27(17-24)33-20-32-26/h5-17,21,25H,18-20H2,1-4H3/t21-,25-/m0/s1. The van der Waals surface area contributed by atoms with E-state index in [1.165, 1.54) is 11.1 Å². The summed E-state index contributed by atoms with van der Waals surface area (Å²) in [7, 11) is 0. The zero-order chi connectivity index (χ0) is 24.1. The molecular formula is C29H33NO4. The quantitative estimate of drug-likeness (QED) is 0.362. The fraction of sp³-hybridized carbons (Fsp3) is 0.345. The van der Waals surface area contributed by atoms with Crippen LogP contribution >= 0.6 is 0 Å². The molecule has 0 fully saturated rings. The smallest absolute Gasteiger partial charge is 0.308 e. The topological polar surface area (TPSA) is 48.0 Å². The predicted octanol–water partition coefficient (Wildman–Crippen LogP) is 6.45. The van der Waals surface area contributed by atoms with E-state index in [9.17, 15) is 4.79 Å². The molecule has 0 bridgehead atoms. The van der Waals surface area contributed by atoms with Gasteiger partial charge in [-0.2, -0.15) is 0 Å². The normalized spacial score (nSPS) is 14.6. The molecule has 1 aliphatic rings. The first-order valence-corrected chi connectivity index (χ1v) is 11.8. The van der Waals surface area contributed by atoms with Crippen LogP contribution in [0.5, 0.6) is 11.5 Å². The van der Waals surface area contributed by atoms with Gasteiger partial charge in [0, 0.05) is 18.6 Å². The van der Waals surface area contributed by atoms with Gasteiger partial charge in [-0.25, -0.2) is 0 Å². The number of rotatable bonds is 8. The van der Waals surface area contributed by atoms with Crippen LogP contribution < -0.4 is 9.47 Å². The molecule has 0 aliphatic carbocycles. The van der Waals surface area contributed by atoms with Gasteiger partial charge in [0.15, 0.2) is 11.5 Å². The van der Waals surface area contributed by atoms with E-state index >= 15 is 0 Å². The lowest BCUT2D eigenvalue weighted by molar-refractivity contribution is -0.156. The zero-order valence-corrected chi connectivity index (χ0v) is 20.4. The minimum Gasteiger partial charge on any atom is -0.460 e. The van der Waals surface area contributed by atoms with E-state index in [0.29, 0.717) is 12.3 Å². The summed E-state index contributed by atoms with van der Waals surface area (Å²) in [5.41, 5.74) is 2.81. The molecule has 0 amide bonds. The van der Waals surface area contributed by atoms with E-state index in [1.54, 1.807) is 0 Å². The molecule has 178 valence electrons. The average molecular weight is 460 g/mol. The van der Waals surface area contributed by atoms with Crippen molar-refractivity contribution in [3.63, 3.8) is 0 Å². The van der Waals surface area contributed by atoms with Crippen LogP contribution in [0.15, 0.2) is 78.9 Å². The number of nitrogens with zero attached hydrogens (tertiary/aromatic N) is 1. The molecule has 5 nitrogen and oxygen atoms in total. The van der Waals surface area contributed by atoms with Crippen molar-refractivity contribution in [2.45, 2.75) is 58.3 Å². The van der Waals surface area contributed by atoms with Gasteiger partial charge in [-0.3, -0.25) is 9.69 Å². The van der Waals surface area contributed by atoms with Crippen LogP contribution in [0.1, 0.15) is 62.9 Å². The van der Waals surface area contributed by atoms with E-state index in [2.05, 4.69) is 48.2 Å². The Balaban J connectivity index is 1.75. The van der Waals surface area contributed by atoms with Crippen LogP contribution in [0.25, 0.3) is 0 Å². The van der Waals surface area contributed by atoms with Gasteiger partial charge in [0.05, 0.1) is 6.42 Å². The van der Waals surface area contributed by atoms with Gasteiger partial charge in [0.2, 0.25) is 6.79 Å². The van der Waals surface area contributed by atoms with Crippen molar-refractivity contribution in [2.75, 3.05) is 6.79 Å². The van der Waals surface area contributed by atoms with Crippen molar-refractivity contribution in [3.8, 4) is 11.5 Å². The monoisotopic (exact) mass is 459 g/mol. The maximum absolute atomic E-state index is 13.1. The highest BCUT2D eigenvalue weighted by Gasteiger charge is 2.31. The third-order valence-corrected chi connectivity index (χ3v) is 5.95. The highest BCUT2D eigenvalue weighted by Crippen LogP contribution is 2.40. The lowest BCUT2D eigenvalue weighted by Gasteiger charge is -2.37. The molecule has 2 atom stereocenters. The number of hydrogen-bond acceptors (Lipinski definition) is 5. The van der Waals surface area contributed by atoms with Crippen molar-refractivity contribution in [1.29, 1.82) is 0 Å². The second kappa shape index (κ2) is 10.3. The molecule has 5 heteroatoms. The molecule has 0 aromatic heterocycles. The minimum atomic E-state index is -0.550. The first-order valence-electron chi connectivity index (χ1n) is 11.8. The number of carbonyl (C=O) groups is 1. The van der Waals surface area contributed by atoms with Crippen LogP contribution in [0.2, 0.25) is 0 Å². The third kappa shape index (κ3) is 5.97. The third-order valence-electron chi connectivity index (χ3n) is 5.95. The van der Waals surface area contributed by atoms with Crippen molar-refractivity contribution in [2.24, 2.45) is 0 Å². The second-order valence-corrected chi connectivity index (χ2v) is 9.66. The Morgan fingerprint density at radius 1 is 0.912 bits per heavy atom. The molecule has 0 saturated heterocycles. The zero-order valence-electron chi connectivity index (χ0n) is 20.4. The van der Waals surface area contributed by atoms with Crippen LogP contribution in [0, 0.1) is 0 Å². The first-order chi connectivity index (χ1) is 16.3. The average Bonchev–Trinajstić information content (AvgIpc) is 3.29. The fourth-order valence-corrected chi connectivity index (χ4v) is 4.32. The number of ether oxygens (including phenoxy) is 3. The summed E-state index contributed by atoms with van der Waals surface area (Å²) < 4.78 is 16.9. The van der Waals surface area contributed by atoms with Crippen LogP contribution in [-0.4, -0.2) is 23.3 Å². The number of fused-ring (bicyclic) bond motifs is 1. The molecule has 0 radical (unpaired) electrons. The molecule has 34 heavy (non-hydrogen) atoms. The number of esters is 1. The Bertz CT molecular complexity index is 1090. The molecule has 4 rings (SSSR count). The maximum Gasteiger partial charge on any atom is 0.308 e. The fourth-order valence-electron chi connectivity index (χ4n) is 4.32. The predicted molar refractivity (Wildman–Crippen MR) is 133 cm³/mol. The van der Waals surface area contributed by atoms with Crippen molar-refractivity contribution >= 4 is 5.97 Å². The Hall–Kier alpha value is -3.31. The Labute approximate surface area is 202 Å². The molecular weight excluding hydrogens is 426 g/mol. The number of benzene rings is 3. The number of hydrogen-bond donors (Lipinski definition) is 0. The van der Waals surface area contributed by atoms with Crippen molar-refractivity contribution in [3.05, 3.63) is 95.6 Å². The Morgan fingerprint density at radius 2 is 1.56 bits per heavy atom. The Morgan fingerprint density at radius 3 is 2.24 bits per heavy atom. The highest BCUT2D eigenvalue weighted by atomic mass is 16.7. The minimum absolute atomic E-state index is 0.0549. The molecule has 1 aliphatic heterocycles. The highest BCUT2D eigenvalue weighted by molar-refractivity contribution is 5.71. The lowest BCUT2D eigenvalue weighted by atomic mass is 9.96. The molecule has 3 aromatic carbocycles. The summed E-state index contributed by atoms with van der Waals surface area (Å²) in [5.74, 6) is 1.21. The summed E-state index contributed by atoms with van der Waals surface area (Å²) in [6.45, 7) is 8.77. The van der Waals surface area contributed by atoms with Gasteiger partial charge >= 0.3 is 5.97 Å². The SMILES string of the molecule is C[C@@H](c1ccccc1)N(Cc1ccccc1)[C@@H](CC(=O)OC(C)(C)C)c1ccc2c(c1)OCO2. The lowest BCUT2D eigenvalue weighted by Crippen LogP contribution is -2.34. The van der Waals surface area contributed by atoms with E-state index in [1.807, 2.05) is 63.2 Å². The van der Waals surface area contributed by atoms with E-state index in [4.69, 9.17) is 14.2 Å². The van der Waals surface area contributed by atoms with Crippen molar-refractivity contribution in [1.82, 2.24) is 4.90 Å². The van der Waals surface area contributed by atoms with Gasteiger partial charge in [-0.05, 0) is 56.5 Å². The van der Waals surface area contributed by atoms with Gasteiger partial charge in [0.1, 0.15) is 5.60 Å². The summed E-state index contributed by atoms with van der Waals surface area (Å²) in [6.07, 6.45) is 0.223. The van der Waals surface area contributed by atoms with E-state index < -0.39 is 5.60 Å². The Kier molecular flexibility index (Phi) is 7.23. The van der Waals surface area contributed by atoms with Crippen LogP contribution in [0.3, 0.4) is 0 Å². The summed E-state index contributed by atoms with van der Waals surface area (Å²) in [4.78, 5) is 15.5. The van der Waals surface area contributed by atoms with Gasteiger partial charge in [0.25, 0.3) is 0 Å².